The zero-order valence-electron chi connectivity index (χ0n) is 15.9. The predicted octanol–water partition coefficient (Wildman–Crippen LogP) is 1.29. The van der Waals surface area contributed by atoms with E-state index in [-0.39, 0.29) is 5.92 Å². The van der Waals surface area contributed by atoms with Crippen molar-refractivity contribution in [1.82, 2.24) is 10.2 Å². The van der Waals surface area contributed by atoms with E-state index in [0.29, 0.717) is 32.4 Å². The molecule has 0 saturated carbocycles. The Morgan fingerprint density at radius 2 is 1.78 bits per heavy atom. The highest BCUT2D eigenvalue weighted by Gasteiger charge is 2.24. The lowest BCUT2D eigenvalue weighted by atomic mass is 10.0. The van der Waals surface area contributed by atoms with Crippen molar-refractivity contribution in [2.45, 2.75) is 51.7 Å². The van der Waals surface area contributed by atoms with E-state index in [2.05, 4.69) is 5.32 Å². The maximum atomic E-state index is 12.1. The maximum absolute atomic E-state index is 12.1. The molecule has 0 aromatic heterocycles. The molecule has 0 saturated heterocycles. The average Bonchev–Trinajstić information content (AvgIpc) is 2.61. The smallest absolute Gasteiger partial charge is 0.407 e. The van der Waals surface area contributed by atoms with Crippen LogP contribution in [0.3, 0.4) is 0 Å². The molecule has 8 heteroatoms. The van der Waals surface area contributed by atoms with Gasteiger partial charge in [-0.3, -0.25) is 9.59 Å². The van der Waals surface area contributed by atoms with E-state index >= 15 is 0 Å². The molecule has 0 aliphatic rings. The maximum Gasteiger partial charge on any atom is 0.407 e. The van der Waals surface area contributed by atoms with E-state index in [1.807, 2.05) is 30.3 Å². The highest BCUT2D eigenvalue weighted by atomic mass is 16.4. The van der Waals surface area contributed by atoms with E-state index < -0.39 is 30.0 Å². The number of rotatable bonds is 11. The van der Waals surface area contributed by atoms with Crippen LogP contribution in [0.1, 0.15) is 38.7 Å². The number of primary amides is 1. The first kappa shape index (κ1) is 22.4. The van der Waals surface area contributed by atoms with Crippen molar-refractivity contribution in [3.05, 3.63) is 35.9 Å². The molecule has 3 amide bonds. The Morgan fingerprint density at radius 1 is 1.15 bits per heavy atom. The number of unbranched alkanes of at least 4 members (excludes halogenated alkanes) is 1. The van der Waals surface area contributed by atoms with Crippen molar-refractivity contribution in [3.8, 4) is 0 Å². The SMILES string of the molecule is CC(C)[C@H](NC(=O)[C@H](N)CCCCN(Cc1ccccc1)C(=O)O)C(N)=O. The molecule has 8 nitrogen and oxygen atoms in total. The van der Waals surface area contributed by atoms with Gasteiger partial charge < -0.3 is 26.8 Å². The summed E-state index contributed by atoms with van der Waals surface area (Å²) in [5, 5.41) is 11.9. The Bertz CT molecular complexity index is 621. The lowest BCUT2D eigenvalue weighted by Crippen LogP contribution is -2.52. The standard InChI is InChI=1S/C19H30N4O4/c1-13(2)16(17(21)24)22-18(25)15(20)10-6-7-11-23(19(26)27)12-14-8-4-3-5-9-14/h3-5,8-9,13,15-16H,6-7,10-12,20H2,1-2H3,(H2,21,24)(H,22,25)(H,26,27)/t15-,16+/m1/s1. The van der Waals surface area contributed by atoms with Gasteiger partial charge in [-0.05, 0) is 30.7 Å². The molecule has 1 rings (SSSR count). The summed E-state index contributed by atoms with van der Waals surface area (Å²) in [5.41, 5.74) is 12.1. The Hall–Kier alpha value is -2.61. The molecule has 0 fully saturated rings. The molecule has 0 unspecified atom stereocenters. The Kier molecular flexibility index (Phi) is 9.29. The predicted molar refractivity (Wildman–Crippen MR) is 103 cm³/mol. The summed E-state index contributed by atoms with van der Waals surface area (Å²) >= 11 is 0. The van der Waals surface area contributed by atoms with Crippen LogP contribution in [-0.2, 0) is 16.1 Å². The summed E-state index contributed by atoms with van der Waals surface area (Å²) in [6.45, 7) is 4.24. The normalized spacial score (nSPS) is 13.0. The van der Waals surface area contributed by atoms with Gasteiger partial charge in [0.2, 0.25) is 11.8 Å². The van der Waals surface area contributed by atoms with E-state index in [0.717, 1.165) is 5.56 Å². The lowest BCUT2D eigenvalue weighted by molar-refractivity contribution is -0.129. The van der Waals surface area contributed by atoms with Crippen LogP contribution in [0, 0.1) is 5.92 Å². The Labute approximate surface area is 159 Å². The molecular formula is C19H30N4O4. The third kappa shape index (κ3) is 8.08. The first-order valence-corrected chi connectivity index (χ1v) is 9.09. The fraction of sp³-hybridized carbons (Fsp3) is 0.526. The van der Waals surface area contributed by atoms with Crippen molar-refractivity contribution in [3.63, 3.8) is 0 Å². The average molecular weight is 378 g/mol. The van der Waals surface area contributed by atoms with Crippen molar-refractivity contribution in [1.29, 1.82) is 0 Å². The van der Waals surface area contributed by atoms with Crippen LogP contribution in [0.25, 0.3) is 0 Å². The zero-order valence-corrected chi connectivity index (χ0v) is 15.9. The number of hydrogen-bond donors (Lipinski definition) is 4. The number of nitrogens with zero attached hydrogens (tertiary/aromatic N) is 1. The van der Waals surface area contributed by atoms with Crippen molar-refractivity contribution in [2.24, 2.45) is 17.4 Å². The van der Waals surface area contributed by atoms with Crippen molar-refractivity contribution in [2.75, 3.05) is 6.54 Å². The minimum atomic E-state index is -0.984. The summed E-state index contributed by atoms with van der Waals surface area (Å²) in [6.07, 6.45) is 0.593. The molecule has 0 bridgehead atoms. The monoisotopic (exact) mass is 378 g/mol. The molecule has 6 N–H and O–H groups in total. The minimum absolute atomic E-state index is 0.124. The number of nitrogens with one attached hydrogen (secondary N) is 1. The van der Waals surface area contributed by atoms with Crippen LogP contribution in [0.5, 0.6) is 0 Å². The van der Waals surface area contributed by atoms with Crippen LogP contribution < -0.4 is 16.8 Å². The molecule has 150 valence electrons. The van der Waals surface area contributed by atoms with Gasteiger partial charge in [-0.1, -0.05) is 44.2 Å². The number of benzene rings is 1. The first-order chi connectivity index (χ1) is 12.7. The van der Waals surface area contributed by atoms with Gasteiger partial charge >= 0.3 is 6.09 Å². The fourth-order valence-corrected chi connectivity index (χ4v) is 2.67. The molecule has 1 aromatic carbocycles. The van der Waals surface area contributed by atoms with E-state index in [9.17, 15) is 19.5 Å². The molecule has 27 heavy (non-hydrogen) atoms. The molecule has 1 aromatic rings. The number of carbonyl (C=O) groups excluding carboxylic acids is 2. The molecular weight excluding hydrogens is 348 g/mol. The number of carboxylic acid groups (broad SMARTS) is 1. The number of hydrogen-bond acceptors (Lipinski definition) is 4. The summed E-state index contributed by atoms with van der Waals surface area (Å²) in [5.74, 6) is -1.14. The topological polar surface area (TPSA) is 139 Å². The largest absolute Gasteiger partial charge is 0.465 e. The van der Waals surface area contributed by atoms with Gasteiger partial charge in [0.1, 0.15) is 6.04 Å². The highest BCUT2D eigenvalue weighted by Crippen LogP contribution is 2.08. The van der Waals surface area contributed by atoms with Gasteiger partial charge in [0.15, 0.2) is 0 Å². The second-order valence-electron chi connectivity index (χ2n) is 6.92. The van der Waals surface area contributed by atoms with E-state index in [4.69, 9.17) is 11.5 Å². The molecule has 0 aliphatic carbocycles. The third-order valence-corrected chi connectivity index (χ3v) is 4.29. The van der Waals surface area contributed by atoms with Gasteiger partial charge in [-0.2, -0.15) is 0 Å². The zero-order chi connectivity index (χ0) is 20.4. The summed E-state index contributed by atoms with van der Waals surface area (Å²) in [4.78, 5) is 36.2. The molecule has 0 heterocycles. The van der Waals surface area contributed by atoms with Crippen LogP contribution in [0.4, 0.5) is 4.79 Å². The van der Waals surface area contributed by atoms with Crippen LogP contribution >= 0.6 is 0 Å². The first-order valence-electron chi connectivity index (χ1n) is 9.09. The summed E-state index contributed by atoms with van der Waals surface area (Å²) < 4.78 is 0. The van der Waals surface area contributed by atoms with E-state index in [1.54, 1.807) is 13.8 Å². The van der Waals surface area contributed by atoms with Crippen LogP contribution in [0.2, 0.25) is 0 Å². The minimum Gasteiger partial charge on any atom is -0.465 e. The Morgan fingerprint density at radius 3 is 2.30 bits per heavy atom. The van der Waals surface area contributed by atoms with Crippen LogP contribution in [0.15, 0.2) is 30.3 Å². The number of carbonyl (C=O) groups is 3. The molecule has 0 aliphatic heterocycles. The van der Waals surface area contributed by atoms with Crippen molar-refractivity contribution >= 4 is 17.9 Å². The van der Waals surface area contributed by atoms with Gasteiger partial charge in [-0.15, -0.1) is 0 Å². The van der Waals surface area contributed by atoms with Gasteiger partial charge in [0.25, 0.3) is 0 Å². The molecule has 2 atom stereocenters. The summed E-state index contributed by atoms with van der Waals surface area (Å²) in [6, 6.07) is 7.84. The second-order valence-corrected chi connectivity index (χ2v) is 6.92. The third-order valence-electron chi connectivity index (χ3n) is 4.29. The Balaban J connectivity index is 2.40. The van der Waals surface area contributed by atoms with Crippen LogP contribution in [-0.4, -0.2) is 46.5 Å². The summed E-state index contributed by atoms with van der Waals surface area (Å²) in [7, 11) is 0. The van der Waals surface area contributed by atoms with Gasteiger partial charge in [0, 0.05) is 13.1 Å². The second kappa shape index (κ2) is 11.2. The number of nitrogens with two attached hydrogens (primary N) is 2. The fourth-order valence-electron chi connectivity index (χ4n) is 2.67. The van der Waals surface area contributed by atoms with E-state index in [1.165, 1.54) is 4.90 Å². The number of amides is 3. The van der Waals surface area contributed by atoms with Gasteiger partial charge in [0.05, 0.1) is 6.04 Å². The molecule has 0 spiro atoms. The van der Waals surface area contributed by atoms with Crippen molar-refractivity contribution < 1.29 is 19.5 Å². The highest BCUT2D eigenvalue weighted by molar-refractivity contribution is 5.89. The quantitative estimate of drug-likeness (QED) is 0.430. The molecule has 0 radical (unpaired) electrons. The van der Waals surface area contributed by atoms with Gasteiger partial charge in [-0.25, -0.2) is 4.79 Å². The lowest BCUT2D eigenvalue weighted by Gasteiger charge is -2.22.